The predicted octanol–water partition coefficient (Wildman–Crippen LogP) is -0.610. The normalized spacial score (nSPS) is 46.9. The lowest BCUT2D eigenvalue weighted by atomic mass is 9.99. The number of rotatable bonds is 0. The van der Waals surface area contributed by atoms with Crippen LogP contribution in [0.3, 0.4) is 0 Å². The summed E-state index contributed by atoms with van der Waals surface area (Å²) in [5.74, 6) is 0. The van der Waals surface area contributed by atoms with Crippen LogP contribution >= 0.6 is 0 Å². The Labute approximate surface area is 143 Å². The van der Waals surface area contributed by atoms with Gasteiger partial charge in [0.15, 0.2) is 0 Å². The maximum absolute atomic E-state index is 12.7. The van der Waals surface area contributed by atoms with Crippen molar-refractivity contribution in [2.75, 3.05) is 20.1 Å². The van der Waals surface area contributed by atoms with Crippen molar-refractivity contribution < 1.29 is 9.53 Å². The van der Waals surface area contributed by atoms with Crippen molar-refractivity contribution in [3.05, 3.63) is 0 Å². The lowest BCUT2D eigenvalue weighted by molar-refractivity contribution is -0.0701. The maximum Gasteiger partial charge on any atom is 0.320 e. The molecule has 0 aromatic rings. The van der Waals surface area contributed by atoms with Gasteiger partial charge in [0.2, 0.25) is 0 Å². The molecule has 0 radical (unpaired) electrons. The summed E-state index contributed by atoms with van der Waals surface area (Å²) in [5.41, 5.74) is 0. The Balaban J connectivity index is 1.67. The van der Waals surface area contributed by atoms with Crippen LogP contribution in [0.1, 0.15) is 33.1 Å². The molecule has 4 N–H and O–H groups in total. The molecular formula is C16H30N6O2. The molecular weight excluding hydrogens is 308 g/mol. The van der Waals surface area contributed by atoms with Crippen molar-refractivity contribution >= 4 is 6.03 Å². The summed E-state index contributed by atoms with van der Waals surface area (Å²) < 4.78 is 6.43. The van der Waals surface area contributed by atoms with E-state index in [1.54, 1.807) is 0 Å². The van der Waals surface area contributed by atoms with E-state index in [2.05, 4.69) is 47.1 Å². The number of ether oxygens (including phenoxy) is 1. The number of urea groups is 1. The van der Waals surface area contributed by atoms with Crippen LogP contribution in [0.2, 0.25) is 0 Å². The van der Waals surface area contributed by atoms with Gasteiger partial charge in [-0.1, -0.05) is 0 Å². The topological polar surface area (TPSA) is 80.9 Å². The third kappa shape index (κ3) is 2.80. The molecule has 4 fully saturated rings. The molecule has 4 rings (SSSR count). The molecule has 4 aliphatic heterocycles. The van der Waals surface area contributed by atoms with Crippen molar-refractivity contribution in [3.8, 4) is 0 Å². The third-order valence-electron chi connectivity index (χ3n) is 5.97. The minimum absolute atomic E-state index is 0.00810. The van der Waals surface area contributed by atoms with E-state index in [-0.39, 0.29) is 42.9 Å². The summed E-state index contributed by atoms with van der Waals surface area (Å²) in [6, 6.07) is 0.445. The van der Waals surface area contributed by atoms with Gasteiger partial charge in [0.1, 0.15) is 12.5 Å². The van der Waals surface area contributed by atoms with E-state index in [4.69, 9.17) is 4.74 Å². The maximum atomic E-state index is 12.7. The first kappa shape index (κ1) is 16.5. The molecule has 0 saturated carbocycles. The summed E-state index contributed by atoms with van der Waals surface area (Å²) in [7, 11) is 2.13. The first-order valence-corrected chi connectivity index (χ1v) is 9.23. The Morgan fingerprint density at radius 3 is 2.79 bits per heavy atom. The van der Waals surface area contributed by atoms with Gasteiger partial charge in [-0.05, 0) is 46.7 Å². The number of hydrogen-bond donors (Lipinski definition) is 4. The highest BCUT2D eigenvalue weighted by Crippen LogP contribution is 2.29. The number of carbonyl (C=O) groups is 1. The van der Waals surface area contributed by atoms with Crippen LogP contribution in [0, 0.1) is 0 Å². The molecule has 4 saturated heterocycles. The standard InChI is InChI=1S/C16H30N6O2/c1-9-8-10(2)24-11-4-6-17-14-13(11)22(16(23)20-14)12-5-7-18-15(19-12)21(9)3/h9-15,17-19H,4-8H2,1-3H3,(H,20,23)/t9-,10+,11?,12?,13?,14?,15?/m1/s1. The SMILES string of the molecule is C[C@@H]1C[C@H](C)OC2CCNC3NC(=O)N(C4CCNC(N4)N1C)C32. The smallest absolute Gasteiger partial charge is 0.320 e. The number of piperidine rings is 1. The number of nitrogens with zero attached hydrogens (tertiary/aromatic N) is 2. The fourth-order valence-corrected chi connectivity index (χ4v) is 4.62. The molecule has 0 spiro atoms. The second kappa shape index (κ2) is 6.42. The number of fused-ring (bicyclic) bond motifs is 3. The van der Waals surface area contributed by atoms with Crippen molar-refractivity contribution in [1.29, 1.82) is 0 Å². The van der Waals surface area contributed by atoms with Crippen LogP contribution in [-0.4, -0.2) is 78.9 Å². The molecule has 0 aliphatic carbocycles. The Morgan fingerprint density at radius 1 is 1.17 bits per heavy atom. The number of hydrogen-bond acceptors (Lipinski definition) is 6. The molecule has 0 aromatic heterocycles. The lowest BCUT2D eigenvalue weighted by Crippen LogP contribution is -2.68. The summed E-state index contributed by atoms with van der Waals surface area (Å²) in [6.07, 6.45) is 3.15. The monoisotopic (exact) mass is 338 g/mol. The van der Waals surface area contributed by atoms with Crippen LogP contribution in [0.4, 0.5) is 4.79 Å². The molecule has 7 atom stereocenters. The van der Waals surface area contributed by atoms with Gasteiger partial charge in [-0.2, -0.15) is 0 Å². The van der Waals surface area contributed by atoms with Crippen LogP contribution in [-0.2, 0) is 4.74 Å². The molecule has 2 amide bonds. The second-order valence-electron chi connectivity index (χ2n) is 7.63. The minimum Gasteiger partial charge on any atom is -0.373 e. The summed E-state index contributed by atoms with van der Waals surface area (Å²) >= 11 is 0. The molecule has 24 heavy (non-hydrogen) atoms. The summed E-state index contributed by atoms with van der Waals surface area (Å²) in [4.78, 5) is 17.0. The van der Waals surface area contributed by atoms with E-state index in [1.807, 2.05) is 4.90 Å². The molecule has 4 aliphatic rings. The summed E-state index contributed by atoms with van der Waals surface area (Å²) in [6.45, 7) is 6.17. The first-order chi connectivity index (χ1) is 11.5. The van der Waals surface area contributed by atoms with E-state index in [0.29, 0.717) is 6.04 Å². The van der Waals surface area contributed by atoms with E-state index >= 15 is 0 Å². The molecule has 8 heteroatoms. The average molecular weight is 338 g/mol. The van der Waals surface area contributed by atoms with Crippen LogP contribution in [0.5, 0.6) is 0 Å². The van der Waals surface area contributed by atoms with E-state index in [0.717, 1.165) is 32.4 Å². The van der Waals surface area contributed by atoms with Gasteiger partial charge in [-0.3, -0.25) is 20.9 Å². The van der Waals surface area contributed by atoms with Crippen molar-refractivity contribution in [2.45, 2.75) is 76.0 Å². The highest BCUT2D eigenvalue weighted by atomic mass is 16.5. The Kier molecular flexibility index (Phi) is 4.42. The number of nitrogens with one attached hydrogen (secondary N) is 4. The Bertz CT molecular complexity index is 491. The average Bonchev–Trinajstić information content (AvgIpc) is 2.90. The first-order valence-electron chi connectivity index (χ1n) is 9.23. The summed E-state index contributed by atoms with van der Waals surface area (Å²) in [5, 5.41) is 13.7. The van der Waals surface area contributed by atoms with Gasteiger partial charge in [0.25, 0.3) is 0 Å². The van der Waals surface area contributed by atoms with Crippen LogP contribution < -0.4 is 21.3 Å². The van der Waals surface area contributed by atoms with Crippen molar-refractivity contribution in [2.24, 2.45) is 0 Å². The van der Waals surface area contributed by atoms with Gasteiger partial charge in [0.05, 0.1) is 24.4 Å². The fraction of sp³-hybridized carbons (Fsp3) is 0.938. The molecule has 136 valence electrons. The van der Waals surface area contributed by atoms with Crippen molar-refractivity contribution in [3.63, 3.8) is 0 Å². The quantitative estimate of drug-likeness (QED) is 0.472. The van der Waals surface area contributed by atoms with Gasteiger partial charge in [-0.25, -0.2) is 4.79 Å². The molecule has 4 heterocycles. The minimum atomic E-state index is -0.0190. The fourth-order valence-electron chi connectivity index (χ4n) is 4.62. The van der Waals surface area contributed by atoms with Gasteiger partial charge in [0, 0.05) is 12.6 Å². The van der Waals surface area contributed by atoms with E-state index in [1.165, 1.54) is 0 Å². The predicted molar refractivity (Wildman–Crippen MR) is 90.1 cm³/mol. The second-order valence-corrected chi connectivity index (χ2v) is 7.63. The molecule has 2 bridgehead atoms. The van der Waals surface area contributed by atoms with Gasteiger partial charge >= 0.3 is 6.03 Å². The largest absolute Gasteiger partial charge is 0.373 e. The molecule has 0 aromatic carbocycles. The zero-order valence-corrected chi connectivity index (χ0v) is 14.8. The molecule has 8 nitrogen and oxygen atoms in total. The Hall–Kier alpha value is -0.930. The zero-order valence-electron chi connectivity index (χ0n) is 14.8. The van der Waals surface area contributed by atoms with Gasteiger partial charge in [-0.15, -0.1) is 0 Å². The lowest BCUT2D eigenvalue weighted by Gasteiger charge is -2.45. The van der Waals surface area contributed by atoms with E-state index < -0.39 is 0 Å². The third-order valence-corrected chi connectivity index (χ3v) is 5.97. The number of amides is 2. The highest BCUT2D eigenvalue weighted by Gasteiger charge is 2.50. The Morgan fingerprint density at radius 2 is 1.96 bits per heavy atom. The van der Waals surface area contributed by atoms with Crippen molar-refractivity contribution in [1.82, 2.24) is 31.1 Å². The highest BCUT2D eigenvalue weighted by molar-refractivity contribution is 5.78. The molecule has 5 unspecified atom stereocenters. The van der Waals surface area contributed by atoms with E-state index in [9.17, 15) is 4.79 Å². The number of carbonyl (C=O) groups excluding carboxylic acids is 1. The zero-order chi connectivity index (χ0) is 16.8. The van der Waals surface area contributed by atoms with Crippen LogP contribution in [0.15, 0.2) is 0 Å². The van der Waals surface area contributed by atoms with Gasteiger partial charge < -0.3 is 15.0 Å². The van der Waals surface area contributed by atoms with Crippen LogP contribution in [0.25, 0.3) is 0 Å².